The number of nitriles is 2. The fourth-order valence-electron chi connectivity index (χ4n) is 4.20. The van der Waals surface area contributed by atoms with E-state index in [-0.39, 0.29) is 62.8 Å². The number of amides is 2. The summed E-state index contributed by atoms with van der Waals surface area (Å²) in [6.45, 7) is -2.85. The predicted octanol–water partition coefficient (Wildman–Crippen LogP) is 2.96. The zero-order valence-corrected chi connectivity index (χ0v) is 26.7. The van der Waals surface area contributed by atoms with Crippen LogP contribution in [0.25, 0.3) is 0 Å². The molecule has 0 unspecified atom stereocenters. The van der Waals surface area contributed by atoms with E-state index < -0.39 is 59.7 Å². The Balaban J connectivity index is 0.000000377. The van der Waals surface area contributed by atoms with Crippen LogP contribution in [0, 0.1) is 34.3 Å². The summed E-state index contributed by atoms with van der Waals surface area (Å²) in [5.74, 6) is -2.54. The minimum Gasteiger partial charge on any atom is -0.389 e. The number of carbonyl (C=O) groups excluding carboxylic acids is 2. The number of nitrogens with one attached hydrogen (secondary N) is 2. The molecule has 2 atom stereocenters. The maximum atomic E-state index is 13.6. The van der Waals surface area contributed by atoms with Crippen molar-refractivity contribution in [2.24, 2.45) is 14.0 Å². The van der Waals surface area contributed by atoms with Crippen molar-refractivity contribution < 1.29 is 49.0 Å². The molecule has 0 saturated heterocycles. The molecule has 0 fully saturated rings. The van der Waals surface area contributed by atoms with Crippen LogP contribution < -0.4 is 10.6 Å². The highest BCUT2D eigenvalue weighted by molar-refractivity contribution is 7.86. The molecule has 4 rings (SSSR count). The molecule has 49 heavy (non-hydrogen) atoms. The lowest BCUT2D eigenvalue weighted by atomic mass is 10.0. The summed E-state index contributed by atoms with van der Waals surface area (Å²) >= 11 is 0. The van der Waals surface area contributed by atoms with Gasteiger partial charge in [0.25, 0.3) is 21.9 Å². The average Bonchev–Trinajstić information content (AvgIpc) is 3.70. The molecule has 0 bridgehead atoms. The molecule has 0 aliphatic heterocycles. The molecule has 2 amide bonds. The first kappa shape index (κ1) is 30.8. The minimum absolute atomic E-state index is 0. The van der Waals surface area contributed by atoms with Gasteiger partial charge in [-0.05, 0) is 73.5 Å². The van der Waals surface area contributed by atoms with E-state index >= 15 is 0 Å². The summed E-state index contributed by atoms with van der Waals surface area (Å²) in [6, 6.07) is 12.5. The molecule has 0 aliphatic carbocycles. The Bertz CT molecular complexity index is 2230. The van der Waals surface area contributed by atoms with Gasteiger partial charge in [0.2, 0.25) is 0 Å². The van der Waals surface area contributed by atoms with Crippen LogP contribution in [0.15, 0.2) is 48.5 Å². The Morgan fingerprint density at radius 1 is 0.898 bits per heavy atom. The van der Waals surface area contributed by atoms with Gasteiger partial charge >= 0.3 is 0 Å². The van der Waals surface area contributed by atoms with Crippen LogP contribution in [-0.4, -0.2) is 51.2 Å². The minimum atomic E-state index is -3.85. The van der Waals surface area contributed by atoms with Crippen molar-refractivity contribution in [2.45, 2.75) is 39.1 Å². The van der Waals surface area contributed by atoms with E-state index in [4.69, 9.17) is 22.9 Å². The Morgan fingerprint density at radius 2 is 1.33 bits per heavy atom. The van der Waals surface area contributed by atoms with Gasteiger partial charge in [-0.15, -0.1) is 0 Å². The number of hydrogen-bond acceptors (Lipinski definition) is 10. The summed E-state index contributed by atoms with van der Waals surface area (Å²) < 4.78 is 99.5. The van der Waals surface area contributed by atoms with Gasteiger partial charge in [-0.3, -0.25) is 27.8 Å². The van der Waals surface area contributed by atoms with Crippen LogP contribution >= 0.6 is 0 Å². The third kappa shape index (κ3) is 11.0. The van der Waals surface area contributed by atoms with Crippen LogP contribution in [0.1, 0.15) is 88.9 Å². The first-order valence-corrected chi connectivity index (χ1v) is 15.5. The molecule has 0 saturated carbocycles. The monoisotopic (exact) mass is 708 g/mol. The molecule has 0 radical (unpaired) electrons. The van der Waals surface area contributed by atoms with E-state index in [1.165, 1.54) is 38.1 Å². The summed E-state index contributed by atoms with van der Waals surface area (Å²) in [4.78, 5) is 24.8. The Labute approximate surface area is 288 Å². The quantitative estimate of drug-likeness (QED) is 0.205. The second kappa shape index (κ2) is 17.0. The number of hydrogen-bond donors (Lipinski definition) is 3. The number of carbonyl (C=O) groups is 2. The van der Waals surface area contributed by atoms with Crippen molar-refractivity contribution in [3.8, 4) is 12.1 Å². The smallest absolute Gasteiger partial charge is 0.264 e. The van der Waals surface area contributed by atoms with Crippen molar-refractivity contribution in [3.63, 3.8) is 0 Å². The second-order valence-corrected chi connectivity index (χ2v) is 11.6. The lowest BCUT2D eigenvalue weighted by molar-refractivity contribution is 0.0937. The first-order chi connectivity index (χ1) is 24.9. The zero-order chi connectivity index (χ0) is 40.8. The van der Waals surface area contributed by atoms with Gasteiger partial charge in [-0.25, -0.2) is 8.78 Å². The third-order valence-electron chi connectivity index (χ3n) is 6.33. The molecule has 2 aromatic heterocycles. The van der Waals surface area contributed by atoms with E-state index in [1.54, 1.807) is 12.1 Å². The van der Waals surface area contributed by atoms with Crippen molar-refractivity contribution in [1.82, 2.24) is 30.2 Å². The standard InChI is InChI=1S/C16H17FN4O4S.C15H15FN4O2.FH/c1-10(25-26(3,23)24)15-6-11(17)4-5-14(15)16(22)19-9-12-7-13(8-18)21(2)20-12;1-9(21)14-5-10(16)3-4-13(14)15(22)18-8-11-6-12(7-17)20(2)19-11;/h4-7,10H,9H2,1-3H3,(H,19,22);3-6,9,21H,8H2,1-2H3,(H,18,22);1H/t10-;9-;/m00./s1/i2*2D3;. The Morgan fingerprint density at radius 3 is 1.69 bits per heavy atom. The SMILES string of the molecule is F.[2H]C([2H])([2H])n1nc(CNC(=O)c2ccc(F)cc2[C@H](C)O)cc1C#N.[2H]C([2H])([2H])n1nc(CNC(=O)c2ccc(F)cc2[C@H](C)OS(C)(=O)=O)cc1C#N. The average molecular weight is 709 g/mol. The van der Waals surface area contributed by atoms with E-state index in [0.29, 0.717) is 9.36 Å². The Hall–Kier alpha value is -5.56. The maximum Gasteiger partial charge on any atom is 0.264 e. The normalized spacial score (nSPS) is 14.2. The van der Waals surface area contributed by atoms with Gasteiger partial charge in [-0.2, -0.15) is 29.1 Å². The molecule has 260 valence electrons. The van der Waals surface area contributed by atoms with E-state index in [0.717, 1.165) is 30.5 Å². The van der Waals surface area contributed by atoms with Crippen molar-refractivity contribution in [3.05, 3.63) is 105 Å². The van der Waals surface area contributed by atoms with Crippen LogP contribution in [0.4, 0.5) is 13.5 Å². The van der Waals surface area contributed by atoms with Gasteiger partial charge < -0.3 is 15.7 Å². The number of aliphatic hydroxyl groups is 1. The topological polar surface area (TPSA) is 205 Å². The Kier molecular flexibility index (Phi) is 10.7. The van der Waals surface area contributed by atoms with Crippen LogP contribution in [-0.2, 0) is 41.3 Å². The molecule has 2 heterocycles. The largest absolute Gasteiger partial charge is 0.389 e. The van der Waals surface area contributed by atoms with Gasteiger partial charge in [0.15, 0.2) is 0 Å². The number of benzene rings is 2. The second-order valence-electron chi connectivity index (χ2n) is 10.0. The number of halogens is 3. The van der Waals surface area contributed by atoms with Gasteiger partial charge in [0.1, 0.15) is 41.3 Å². The highest BCUT2D eigenvalue weighted by atomic mass is 32.2. The molecule has 2 aromatic carbocycles. The van der Waals surface area contributed by atoms with Gasteiger partial charge in [0, 0.05) is 33.3 Å². The number of nitrogens with zero attached hydrogens (tertiary/aromatic N) is 6. The summed E-state index contributed by atoms with van der Waals surface area (Å²) in [5, 5.41) is 40.2. The fourth-order valence-corrected chi connectivity index (χ4v) is 4.83. The van der Waals surface area contributed by atoms with Crippen molar-refractivity contribution in [2.75, 3.05) is 6.26 Å². The molecular formula is C31H33F3N8O6S. The van der Waals surface area contributed by atoms with Crippen LogP contribution in [0.2, 0.25) is 0 Å². The van der Waals surface area contributed by atoms with Crippen LogP contribution in [0.3, 0.4) is 0 Å². The zero-order valence-electron chi connectivity index (χ0n) is 31.9. The highest BCUT2D eigenvalue weighted by Crippen LogP contribution is 2.24. The summed E-state index contributed by atoms with van der Waals surface area (Å²) in [7, 11) is -3.85. The third-order valence-corrected chi connectivity index (χ3v) is 6.97. The maximum absolute atomic E-state index is 13.6. The molecular weight excluding hydrogens is 669 g/mol. The number of rotatable bonds is 10. The molecule has 0 aliphatic rings. The number of aryl methyl sites for hydroxylation is 2. The molecule has 18 heteroatoms. The van der Waals surface area contributed by atoms with Crippen molar-refractivity contribution in [1.29, 1.82) is 10.5 Å². The molecule has 4 aromatic rings. The van der Waals surface area contributed by atoms with Gasteiger partial charge in [-0.1, -0.05) is 0 Å². The van der Waals surface area contributed by atoms with E-state index in [1.807, 2.05) is 0 Å². The molecule has 3 N–H and O–H groups in total. The summed E-state index contributed by atoms with van der Waals surface area (Å²) in [5.41, 5.74) is 0.145. The fraction of sp³-hybridized carbons (Fsp3) is 0.290. The van der Waals surface area contributed by atoms with Crippen molar-refractivity contribution >= 4 is 21.9 Å². The summed E-state index contributed by atoms with van der Waals surface area (Å²) in [6.07, 6.45) is -1.34. The van der Waals surface area contributed by atoms with Crippen LogP contribution in [0.5, 0.6) is 0 Å². The lowest BCUT2D eigenvalue weighted by Crippen LogP contribution is -2.25. The number of aliphatic hydroxyl groups excluding tert-OH is 1. The number of aromatic nitrogens is 4. The highest BCUT2D eigenvalue weighted by Gasteiger charge is 2.21. The molecule has 14 nitrogen and oxygen atoms in total. The van der Waals surface area contributed by atoms with Gasteiger partial charge in [0.05, 0.1) is 36.8 Å². The predicted molar refractivity (Wildman–Crippen MR) is 168 cm³/mol. The van der Waals surface area contributed by atoms with E-state index in [2.05, 4.69) is 20.8 Å². The molecule has 0 spiro atoms. The van der Waals surface area contributed by atoms with E-state index in [9.17, 15) is 31.9 Å². The lowest BCUT2D eigenvalue weighted by Gasteiger charge is -2.16. The first-order valence-electron chi connectivity index (χ1n) is 16.7.